The molecule has 1 fully saturated rings. The molecular formula is C15H20ClN3. The number of para-hydroxylation sites is 1. The van der Waals surface area contributed by atoms with Gasteiger partial charge in [0.1, 0.15) is 5.82 Å². The summed E-state index contributed by atoms with van der Waals surface area (Å²) in [5, 5.41) is 4.22. The molecule has 2 aromatic rings. The first-order valence-electron chi connectivity index (χ1n) is 7.05. The fourth-order valence-electron chi connectivity index (χ4n) is 3.02. The number of piperidine rings is 1. The number of hydrogen-bond acceptors (Lipinski definition) is 2. The lowest BCUT2D eigenvalue weighted by Crippen LogP contribution is -2.28. The van der Waals surface area contributed by atoms with Crippen molar-refractivity contribution in [1.29, 1.82) is 0 Å². The molecule has 19 heavy (non-hydrogen) atoms. The molecule has 0 amide bonds. The van der Waals surface area contributed by atoms with Gasteiger partial charge in [0.05, 0.1) is 16.1 Å². The molecule has 2 heterocycles. The number of nitrogens with one attached hydrogen (secondary N) is 1. The first-order chi connectivity index (χ1) is 9.18. The standard InChI is InChI=1S/C15H20ClN3/c1-10(2)19-14-12(16)4-3-5-13(14)18-15(19)11-6-8-17-9-7-11/h3-5,10-11,17H,6-9H2,1-2H3. The zero-order valence-electron chi connectivity index (χ0n) is 11.5. The lowest BCUT2D eigenvalue weighted by atomic mass is 9.97. The van der Waals surface area contributed by atoms with Crippen molar-refractivity contribution in [2.75, 3.05) is 13.1 Å². The number of halogens is 1. The Morgan fingerprint density at radius 3 is 2.74 bits per heavy atom. The van der Waals surface area contributed by atoms with E-state index >= 15 is 0 Å². The van der Waals surface area contributed by atoms with Crippen LogP contribution in [0.2, 0.25) is 5.02 Å². The maximum Gasteiger partial charge on any atom is 0.113 e. The second-order valence-corrected chi connectivity index (χ2v) is 5.97. The molecule has 1 N–H and O–H groups in total. The van der Waals surface area contributed by atoms with Gasteiger partial charge < -0.3 is 9.88 Å². The second-order valence-electron chi connectivity index (χ2n) is 5.57. The summed E-state index contributed by atoms with van der Waals surface area (Å²) in [4.78, 5) is 4.87. The molecule has 0 bridgehead atoms. The Balaban J connectivity index is 2.17. The van der Waals surface area contributed by atoms with Crippen LogP contribution in [0.15, 0.2) is 18.2 Å². The Bertz CT molecular complexity index is 582. The SMILES string of the molecule is CC(C)n1c(C2CCNCC2)nc2cccc(Cl)c21. The van der Waals surface area contributed by atoms with Gasteiger partial charge in [-0.15, -0.1) is 0 Å². The highest BCUT2D eigenvalue weighted by atomic mass is 35.5. The third-order valence-corrected chi connectivity index (χ3v) is 4.21. The van der Waals surface area contributed by atoms with Crippen LogP contribution in [0.3, 0.4) is 0 Å². The zero-order valence-corrected chi connectivity index (χ0v) is 12.2. The van der Waals surface area contributed by atoms with Gasteiger partial charge in [-0.3, -0.25) is 0 Å². The van der Waals surface area contributed by atoms with Gasteiger partial charge in [-0.1, -0.05) is 17.7 Å². The molecule has 0 unspecified atom stereocenters. The molecule has 1 aromatic carbocycles. The number of fused-ring (bicyclic) bond motifs is 1. The van der Waals surface area contributed by atoms with Gasteiger partial charge in [0.25, 0.3) is 0 Å². The van der Waals surface area contributed by atoms with E-state index in [1.165, 1.54) is 5.82 Å². The van der Waals surface area contributed by atoms with Crippen LogP contribution in [-0.4, -0.2) is 22.6 Å². The Hall–Kier alpha value is -1.06. The van der Waals surface area contributed by atoms with E-state index in [9.17, 15) is 0 Å². The number of nitrogens with zero attached hydrogens (tertiary/aromatic N) is 2. The van der Waals surface area contributed by atoms with Gasteiger partial charge in [-0.25, -0.2) is 4.98 Å². The molecule has 1 saturated heterocycles. The van der Waals surface area contributed by atoms with Crippen LogP contribution in [0.25, 0.3) is 11.0 Å². The largest absolute Gasteiger partial charge is 0.324 e. The first-order valence-corrected chi connectivity index (χ1v) is 7.43. The molecule has 102 valence electrons. The molecular weight excluding hydrogens is 258 g/mol. The minimum absolute atomic E-state index is 0.384. The predicted octanol–water partition coefficient (Wildman–Crippen LogP) is 3.74. The third kappa shape index (κ3) is 2.26. The van der Waals surface area contributed by atoms with Crippen LogP contribution in [-0.2, 0) is 0 Å². The summed E-state index contributed by atoms with van der Waals surface area (Å²) in [5.74, 6) is 1.76. The van der Waals surface area contributed by atoms with Crippen molar-refractivity contribution < 1.29 is 0 Å². The minimum atomic E-state index is 0.384. The molecule has 0 aliphatic carbocycles. The zero-order chi connectivity index (χ0) is 13.4. The highest BCUT2D eigenvalue weighted by Crippen LogP contribution is 2.33. The number of benzene rings is 1. The van der Waals surface area contributed by atoms with Crippen LogP contribution in [0.5, 0.6) is 0 Å². The van der Waals surface area contributed by atoms with Crippen molar-refractivity contribution in [3.05, 3.63) is 29.0 Å². The number of imidazole rings is 1. The normalized spacial score (nSPS) is 17.5. The fraction of sp³-hybridized carbons (Fsp3) is 0.533. The average molecular weight is 278 g/mol. The van der Waals surface area contributed by atoms with Crippen molar-refractivity contribution in [1.82, 2.24) is 14.9 Å². The van der Waals surface area contributed by atoms with Gasteiger partial charge in [0.15, 0.2) is 0 Å². The smallest absolute Gasteiger partial charge is 0.113 e. The second kappa shape index (κ2) is 5.14. The van der Waals surface area contributed by atoms with Crippen LogP contribution in [0.1, 0.15) is 44.5 Å². The topological polar surface area (TPSA) is 29.9 Å². The van der Waals surface area contributed by atoms with E-state index in [-0.39, 0.29) is 0 Å². The van der Waals surface area contributed by atoms with Gasteiger partial charge >= 0.3 is 0 Å². The van der Waals surface area contributed by atoms with Crippen molar-refractivity contribution >= 4 is 22.6 Å². The van der Waals surface area contributed by atoms with Gasteiger partial charge in [0, 0.05) is 12.0 Å². The Kier molecular flexibility index (Phi) is 3.50. The highest BCUT2D eigenvalue weighted by molar-refractivity contribution is 6.35. The quantitative estimate of drug-likeness (QED) is 0.906. The van der Waals surface area contributed by atoms with Gasteiger partial charge in [-0.05, 0) is 51.9 Å². The monoisotopic (exact) mass is 277 g/mol. The molecule has 0 radical (unpaired) electrons. The Labute approximate surface area is 119 Å². The Morgan fingerprint density at radius 1 is 1.32 bits per heavy atom. The lowest BCUT2D eigenvalue weighted by molar-refractivity contribution is 0.423. The van der Waals surface area contributed by atoms with Crippen LogP contribution < -0.4 is 5.32 Å². The van der Waals surface area contributed by atoms with E-state index in [4.69, 9.17) is 16.6 Å². The summed E-state index contributed by atoms with van der Waals surface area (Å²) in [6.07, 6.45) is 2.32. The van der Waals surface area contributed by atoms with E-state index < -0.39 is 0 Å². The third-order valence-electron chi connectivity index (χ3n) is 3.91. The average Bonchev–Trinajstić information content (AvgIpc) is 2.81. The lowest BCUT2D eigenvalue weighted by Gasteiger charge is -2.24. The van der Waals surface area contributed by atoms with Crippen LogP contribution in [0.4, 0.5) is 0 Å². The molecule has 0 saturated carbocycles. The summed E-state index contributed by atoms with van der Waals surface area (Å²) in [6.45, 7) is 6.57. The molecule has 1 aliphatic heterocycles. The van der Waals surface area contributed by atoms with Gasteiger partial charge in [0.2, 0.25) is 0 Å². The molecule has 3 nitrogen and oxygen atoms in total. The summed E-state index contributed by atoms with van der Waals surface area (Å²) < 4.78 is 2.33. The molecule has 0 atom stereocenters. The molecule has 4 heteroatoms. The van der Waals surface area contributed by atoms with Gasteiger partial charge in [-0.2, -0.15) is 0 Å². The summed E-state index contributed by atoms with van der Waals surface area (Å²) in [5.41, 5.74) is 2.11. The molecule has 1 aliphatic rings. The number of hydrogen-bond donors (Lipinski definition) is 1. The van der Waals surface area contributed by atoms with E-state index in [0.29, 0.717) is 12.0 Å². The minimum Gasteiger partial charge on any atom is -0.324 e. The number of rotatable bonds is 2. The number of aromatic nitrogens is 2. The highest BCUT2D eigenvalue weighted by Gasteiger charge is 2.24. The van der Waals surface area contributed by atoms with Crippen molar-refractivity contribution in [2.24, 2.45) is 0 Å². The summed E-state index contributed by atoms with van der Waals surface area (Å²) in [7, 11) is 0. The predicted molar refractivity (Wildman–Crippen MR) is 80.0 cm³/mol. The first kappa shape index (κ1) is 12.9. The summed E-state index contributed by atoms with van der Waals surface area (Å²) >= 11 is 6.39. The maximum absolute atomic E-state index is 6.39. The van der Waals surface area contributed by atoms with Crippen molar-refractivity contribution in [2.45, 2.75) is 38.6 Å². The van der Waals surface area contributed by atoms with Crippen LogP contribution >= 0.6 is 11.6 Å². The van der Waals surface area contributed by atoms with E-state index in [2.05, 4.69) is 29.8 Å². The molecule has 1 aromatic heterocycles. The fourth-order valence-corrected chi connectivity index (χ4v) is 3.28. The molecule has 0 spiro atoms. The van der Waals surface area contributed by atoms with Crippen molar-refractivity contribution in [3.8, 4) is 0 Å². The van der Waals surface area contributed by atoms with E-state index in [0.717, 1.165) is 42.0 Å². The maximum atomic E-state index is 6.39. The Morgan fingerprint density at radius 2 is 2.05 bits per heavy atom. The van der Waals surface area contributed by atoms with Crippen LogP contribution in [0, 0.1) is 0 Å². The van der Waals surface area contributed by atoms with Crippen molar-refractivity contribution in [3.63, 3.8) is 0 Å². The molecule has 3 rings (SSSR count). The van der Waals surface area contributed by atoms with E-state index in [1.807, 2.05) is 12.1 Å². The van der Waals surface area contributed by atoms with E-state index in [1.54, 1.807) is 0 Å². The summed E-state index contributed by atoms with van der Waals surface area (Å²) in [6, 6.07) is 6.38.